The highest BCUT2D eigenvalue weighted by Crippen LogP contribution is 2.30. The van der Waals surface area contributed by atoms with E-state index in [1.807, 2.05) is 23.1 Å². The number of hydrogen-bond acceptors (Lipinski definition) is 6. The molecule has 0 saturated carbocycles. The Morgan fingerprint density at radius 1 is 1.09 bits per heavy atom. The normalized spacial score (nSPS) is 15.3. The molecule has 0 radical (unpaired) electrons. The Kier molecular flexibility index (Phi) is 7.93. The largest absolute Gasteiger partial charge is 0.493 e. The molecule has 2 heterocycles. The fourth-order valence-electron chi connectivity index (χ4n) is 4.57. The monoisotopic (exact) mass is 498 g/mol. The maximum absolute atomic E-state index is 12.9. The summed E-state index contributed by atoms with van der Waals surface area (Å²) in [6.45, 7) is 5.56. The number of carbonyl (C=O) groups is 1. The number of fused-ring (bicyclic) bond motifs is 1. The molecule has 0 spiro atoms. The predicted octanol–water partition coefficient (Wildman–Crippen LogP) is 3.75. The van der Waals surface area contributed by atoms with Crippen LogP contribution in [0.5, 0.6) is 11.5 Å². The maximum atomic E-state index is 12.9. The molecular formula is C26H31ClN4O4. The minimum atomic E-state index is -0.162. The second kappa shape index (κ2) is 11.1. The average molecular weight is 499 g/mol. The number of aromatic nitrogens is 2. The van der Waals surface area contributed by atoms with Gasteiger partial charge in [-0.3, -0.25) is 19.1 Å². The molecule has 1 aromatic heterocycles. The van der Waals surface area contributed by atoms with E-state index in [-0.39, 0.29) is 17.5 Å². The third kappa shape index (κ3) is 5.44. The van der Waals surface area contributed by atoms with Crippen molar-refractivity contribution in [1.29, 1.82) is 0 Å². The Hall–Kier alpha value is -3.10. The number of hydrogen-bond donors (Lipinski definition) is 0. The zero-order valence-corrected chi connectivity index (χ0v) is 21.1. The number of piperazine rings is 1. The highest BCUT2D eigenvalue weighted by molar-refractivity contribution is 6.31. The number of carbonyl (C=O) groups excluding carboxylic acids is 1. The second-order valence-electron chi connectivity index (χ2n) is 8.69. The highest BCUT2D eigenvalue weighted by Gasteiger charge is 2.25. The molecule has 186 valence electrons. The third-order valence-corrected chi connectivity index (χ3v) is 7.03. The minimum absolute atomic E-state index is 0.114. The highest BCUT2D eigenvalue weighted by atomic mass is 35.5. The number of benzene rings is 2. The van der Waals surface area contributed by atoms with Gasteiger partial charge in [0.2, 0.25) is 5.91 Å². The molecule has 8 nitrogen and oxygen atoms in total. The van der Waals surface area contributed by atoms with E-state index in [2.05, 4.69) is 22.9 Å². The zero-order chi connectivity index (χ0) is 24.9. The number of aryl methyl sites for hydroxylation is 1. The Bertz CT molecular complexity index is 1250. The van der Waals surface area contributed by atoms with Crippen LogP contribution in [-0.4, -0.2) is 65.7 Å². The minimum Gasteiger partial charge on any atom is -0.493 e. The predicted molar refractivity (Wildman–Crippen MR) is 136 cm³/mol. The lowest BCUT2D eigenvalue weighted by Crippen LogP contribution is -2.49. The molecule has 0 aliphatic carbocycles. The van der Waals surface area contributed by atoms with Crippen LogP contribution in [0, 0.1) is 0 Å². The van der Waals surface area contributed by atoms with E-state index in [0.29, 0.717) is 54.9 Å². The Labute approximate surface area is 210 Å². The lowest BCUT2D eigenvalue weighted by Gasteiger charge is -2.38. The molecule has 4 rings (SSSR count). The summed E-state index contributed by atoms with van der Waals surface area (Å²) in [5.41, 5.74) is 1.49. The summed E-state index contributed by atoms with van der Waals surface area (Å²) in [6.07, 6.45) is 2.47. The lowest BCUT2D eigenvalue weighted by atomic mass is 10.1. The quantitative estimate of drug-likeness (QED) is 0.470. The molecular weight excluding hydrogens is 468 g/mol. The second-order valence-corrected chi connectivity index (χ2v) is 9.09. The van der Waals surface area contributed by atoms with Gasteiger partial charge < -0.3 is 14.4 Å². The van der Waals surface area contributed by atoms with Crippen LogP contribution in [-0.2, 0) is 11.3 Å². The van der Waals surface area contributed by atoms with Crippen LogP contribution >= 0.6 is 11.6 Å². The first-order valence-electron chi connectivity index (χ1n) is 11.8. The van der Waals surface area contributed by atoms with Crippen LogP contribution in [0.1, 0.15) is 31.4 Å². The molecule has 1 unspecified atom stereocenters. The van der Waals surface area contributed by atoms with Gasteiger partial charge in [0.15, 0.2) is 11.5 Å². The molecule has 1 saturated heterocycles. The molecule has 2 aromatic carbocycles. The summed E-state index contributed by atoms with van der Waals surface area (Å²) in [4.78, 5) is 34.4. The van der Waals surface area contributed by atoms with Crippen LogP contribution in [0.25, 0.3) is 10.9 Å². The van der Waals surface area contributed by atoms with Crippen LogP contribution in [0.4, 0.5) is 0 Å². The summed E-state index contributed by atoms with van der Waals surface area (Å²) >= 11 is 6.37. The molecule has 1 amide bonds. The molecule has 35 heavy (non-hydrogen) atoms. The standard InChI is InChI=1S/C26H31ClN4O4/c1-18(19-7-4-5-8-21(19)27)29-11-13-30(14-12-29)25(32)9-6-10-31-17-28-22-16-24(35-3)23(34-2)15-20(22)26(31)33/h4-5,7-8,15-18H,6,9-14H2,1-3H3. The summed E-state index contributed by atoms with van der Waals surface area (Å²) in [5.74, 6) is 1.12. The summed E-state index contributed by atoms with van der Waals surface area (Å²) < 4.78 is 12.1. The van der Waals surface area contributed by atoms with Gasteiger partial charge in [0.25, 0.3) is 5.56 Å². The molecule has 3 aromatic rings. The fraction of sp³-hybridized carbons (Fsp3) is 0.423. The number of halogens is 1. The molecule has 1 atom stereocenters. The zero-order valence-electron chi connectivity index (χ0n) is 20.4. The number of rotatable bonds is 8. The van der Waals surface area contributed by atoms with Crippen molar-refractivity contribution in [3.8, 4) is 11.5 Å². The van der Waals surface area contributed by atoms with Crippen LogP contribution in [0.15, 0.2) is 47.5 Å². The topological polar surface area (TPSA) is 76.9 Å². The van der Waals surface area contributed by atoms with E-state index >= 15 is 0 Å². The van der Waals surface area contributed by atoms with Gasteiger partial charge in [-0.15, -0.1) is 0 Å². The SMILES string of the molecule is COc1cc2ncn(CCCC(=O)N3CCN(C(C)c4ccccc4Cl)CC3)c(=O)c2cc1OC. The van der Waals surface area contributed by atoms with Gasteiger partial charge in [-0.25, -0.2) is 4.98 Å². The van der Waals surface area contributed by atoms with Crippen molar-refractivity contribution in [1.82, 2.24) is 19.4 Å². The molecule has 1 fully saturated rings. The van der Waals surface area contributed by atoms with Crippen LogP contribution in [0.2, 0.25) is 5.02 Å². The molecule has 1 aliphatic rings. The van der Waals surface area contributed by atoms with Crippen molar-refractivity contribution in [3.63, 3.8) is 0 Å². The maximum Gasteiger partial charge on any atom is 0.261 e. The fourth-order valence-corrected chi connectivity index (χ4v) is 4.87. The van der Waals surface area contributed by atoms with Crippen molar-refractivity contribution < 1.29 is 14.3 Å². The van der Waals surface area contributed by atoms with E-state index in [4.69, 9.17) is 21.1 Å². The van der Waals surface area contributed by atoms with Gasteiger partial charge in [0.05, 0.1) is 31.4 Å². The van der Waals surface area contributed by atoms with Crippen LogP contribution in [0.3, 0.4) is 0 Å². The third-order valence-electron chi connectivity index (χ3n) is 6.69. The van der Waals surface area contributed by atoms with Crippen molar-refractivity contribution in [2.75, 3.05) is 40.4 Å². The van der Waals surface area contributed by atoms with Crippen LogP contribution < -0.4 is 15.0 Å². The first kappa shape index (κ1) is 25.0. The van der Waals surface area contributed by atoms with Gasteiger partial charge in [0, 0.05) is 56.3 Å². The number of ether oxygens (including phenoxy) is 2. The van der Waals surface area contributed by atoms with Crippen molar-refractivity contribution in [2.24, 2.45) is 0 Å². The number of amides is 1. The molecule has 9 heteroatoms. The van der Waals surface area contributed by atoms with Crippen molar-refractivity contribution >= 4 is 28.4 Å². The molecule has 0 bridgehead atoms. The van der Waals surface area contributed by atoms with Crippen molar-refractivity contribution in [2.45, 2.75) is 32.4 Å². The van der Waals surface area contributed by atoms with Gasteiger partial charge in [-0.1, -0.05) is 29.8 Å². The van der Waals surface area contributed by atoms with Gasteiger partial charge >= 0.3 is 0 Å². The Balaban J connectivity index is 1.31. The van der Waals surface area contributed by atoms with E-state index in [1.165, 1.54) is 13.4 Å². The van der Waals surface area contributed by atoms with E-state index in [1.54, 1.807) is 23.8 Å². The summed E-state index contributed by atoms with van der Waals surface area (Å²) in [6, 6.07) is 11.4. The lowest BCUT2D eigenvalue weighted by molar-refractivity contribution is -0.133. The Morgan fingerprint density at radius 2 is 1.77 bits per heavy atom. The average Bonchev–Trinajstić information content (AvgIpc) is 2.89. The number of nitrogens with zero attached hydrogens (tertiary/aromatic N) is 4. The van der Waals surface area contributed by atoms with E-state index < -0.39 is 0 Å². The van der Waals surface area contributed by atoms with E-state index in [0.717, 1.165) is 23.7 Å². The Morgan fingerprint density at radius 3 is 2.46 bits per heavy atom. The van der Waals surface area contributed by atoms with Gasteiger partial charge in [-0.05, 0) is 31.0 Å². The van der Waals surface area contributed by atoms with Crippen molar-refractivity contribution in [3.05, 3.63) is 63.7 Å². The molecule has 0 N–H and O–H groups in total. The summed E-state index contributed by atoms with van der Waals surface area (Å²) in [5, 5.41) is 1.23. The first-order chi connectivity index (χ1) is 16.9. The van der Waals surface area contributed by atoms with E-state index in [9.17, 15) is 9.59 Å². The van der Waals surface area contributed by atoms with Gasteiger partial charge in [0.1, 0.15) is 0 Å². The smallest absolute Gasteiger partial charge is 0.261 e. The summed E-state index contributed by atoms with van der Waals surface area (Å²) in [7, 11) is 3.07. The molecule has 1 aliphatic heterocycles. The first-order valence-corrected chi connectivity index (χ1v) is 12.2. The number of methoxy groups -OCH3 is 2. The van der Waals surface area contributed by atoms with Gasteiger partial charge in [-0.2, -0.15) is 0 Å².